The standard InChI is InChI=1S/C24H26Cl2FN3O2/c1-15-3-4-16(9-21(15)25)23(31)28-7-2-8-29-11-17-13-30(14-18(17)12-29)24(32)20-6-5-19(27)10-22(20)26/h3-6,9-10,17-18H,2,7-8,11-14H2,1H3,(H,28,31). The van der Waals surface area contributed by atoms with Crippen LogP contribution < -0.4 is 5.32 Å². The molecule has 2 atom stereocenters. The first-order valence-electron chi connectivity index (χ1n) is 10.8. The third-order valence-electron chi connectivity index (χ3n) is 6.38. The van der Waals surface area contributed by atoms with Gasteiger partial charge in [0.15, 0.2) is 0 Å². The van der Waals surface area contributed by atoms with Crippen LogP contribution in [0.15, 0.2) is 36.4 Å². The van der Waals surface area contributed by atoms with Crippen molar-refractivity contribution in [3.05, 3.63) is 69.0 Å². The molecule has 2 aliphatic rings. The molecule has 0 radical (unpaired) electrons. The number of hydrogen-bond acceptors (Lipinski definition) is 3. The minimum atomic E-state index is -0.445. The van der Waals surface area contributed by atoms with Gasteiger partial charge in [-0.3, -0.25) is 9.59 Å². The summed E-state index contributed by atoms with van der Waals surface area (Å²) in [7, 11) is 0. The Morgan fingerprint density at radius 2 is 1.75 bits per heavy atom. The van der Waals surface area contributed by atoms with Crippen LogP contribution in [0.2, 0.25) is 10.0 Å². The second-order valence-electron chi connectivity index (χ2n) is 8.69. The first-order valence-corrected chi connectivity index (χ1v) is 11.6. The number of hydrogen-bond donors (Lipinski definition) is 1. The molecule has 32 heavy (non-hydrogen) atoms. The smallest absolute Gasteiger partial charge is 0.255 e. The fourth-order valence-corrected chi connectivity index (χ4v) is 5.04. The highest BCUT2D eigenvalue weighted by atomic mass is 35.5. The fraction of sp³-hybridized carbons (Fsp3) is 0.417. The summed E-state index contributed by atoms with van der Waals surface area (Å²) in [5, 5.41) is 3.70. The second kappa shape index (κ2) is 9.77. The summed E-state index contributed by atoms with van der Waals surface area (Å²) in [6, 6.07) is 9.23. The molecule has 0 bridgehead atoms. The van der Waals surface area contributed by atoms with E-state index in [1.807, 2.05) is 17.9 Å². The molecule has 2 amide bonds. The lowest BCUT2D eigenvalue weighted by Crippen LogP contribution is -2.34. The molecule has 170 valence electrons. The van der Waals surface area contributed by atoms with Gasteiger partial charge in [0.1, 0.15) is 5.82 Å². The predicted octanol–water partition coefficient (Wildman–Crippen LogP) is 4.26. The largest absolute Gasteiger partial charge is 0.352 e. The number of likely N-dealkylation sites (tertiary alicyclic amines) is 2. The highest BCUT2D eigenvalue weighted by Gasteiger charge is 2.41. The molecule has 0 aliphatic carbocycles. The van der Waals surface area contributed by atoms with E-state index in [9.17, 15) is 14.0 Å². The minimum absolute atomic E-state index is 0.112. The molecule has 4 rings (SSSR count). The molecule has 0 aromatic heterocycles. The number of carbonyl (C=O) groups excluding carboxylic acids is 2. The molecule has 2 aromatic carbocycles. The molecule has 0 saturated carbocycles. The lowest BCUT2D eigenvalue weighted by molar-refractivity contribution is 0.0774. The number of rotatable bonds is 6. The van der Waals surface area contributed by atoms with Gasteiger partial charge in [0.2, 0.25) is 0 Å². The van der Waals surface area contributed by atoms with Crippen LogP contribution in [0.5, 0.6) is 0 Å². The minimum Gasteiger partial charge on any atom is -0.352 e. The van der Waals surface area contributed by atoms with Crippen molar-refractivity contribution in [2.24, 2.45) is 11.8 Å². The normalized spacial score (nSPS) is 20.4. The van der Waals surface area contributed by atoms with Crippen molar-refractivity contribution in [1.82, 2.24) is 15.1 Å². The zero-order valence-corrected chi connectivity index (χ0v) is 19.4. The molecule has 2 aliphatic heterocycles. The maximum atomic E-state index is 13.3. The van der Waals surface area contributed by atoms with Crippen molar-refractivity contribution >= 4 is 35.0 Å². The first-order chi connectivity index (χ1) is 15.3. The predicted molar refractivity (Wildman–Crippen MR) is 124 cm³/mol. The molecular formula is C24H26Cl2FN3O2. The van der Waals surface area contributed by atoms with Crippen LogP contribution in [0.4, 0.5) is 4.39 Å². The van der Waals surface area contributed by atoms with Crippen LogP contribution >= 0.6 is 23.2 Å². The Morgan fingerprint density at radius 1 is 1.03 bits per heavy atom. The van der Waals surface area contributed by atoms with E-state index >= 15 is 0 Å². The van der Waals surface area contributed by atoms with E-state index in [1.165, 1.54) is 18.2 Å². The quantitative estimate of drug-likeness (QED) is 0.632. The first kappa shape index (κ1) is 23.0. The average Bonchev–Trinajstić information content (AvgIpc) is 3.31. The van der Waals surface area contributed by atoms with Crippen molar-refractivity contribution in [1.29, 1.82) is 0 Å². The van der Waals surface area contributed by atoms with Crippen LogP contribution in [-0.4, -0.2) is 60.9 Å². The summed E-state index contributed by atoms with van der Waals surface area (Å²) >= 11 is 12.2. The zero-order valence-electron chi connectivity index (χ0n) is 17.9. The van der Waals surface area contributed by atoms with E-state index in [4.69, 9.17) is 23.2 Å². The maximum Gasteiger partial charge on any atom is 0.255 e. The Bertz CT molecular complexity index is 1020. The van der Waals surface area contributed by atoms with Crippen LogP contribution in [0, 0.1) is 24.6 Å². The topological polar surface area (TPSA) is 52.7 Å². The zero-order chi connectivity index (χ0) is 22.8. The lowest BCUT2D eigenvalue weighted by Gasteiger charge is -2.22. The van der Waals surface area contributed by atoms with Gasteiger partial charge in [0, 0.05) is 43.3 Å². The van der Waals surface area contributed by atoms with E-state index in [0.717, 1.165) is 31.6 Å². The summed E-state index contributed by atoms with van der Waals surface area (Å²) in [6.45, 7) is 6.67. The number of carbonyl (C=O) groups is 2. The molecule has 2 heterocycles. The SMILES string of the molecule is Cc1ccc(C(=O)NCCCN2CC3CN(C(=O)c4ccc(F)cc4Cl)CC3C2)cc1Cl. The highest BCUT2D eigenvalue weighted by molar-refractivity contribution is 6.33. The van der Waals surface area contributed by atoms with Crippen molar-refractivity contribution < 1.29 is 14.0 Å². The molecule has 5 nitrogen and oxygen atoms in total. The van der Waals surface area contributed by atoms with E-state index in [2.05, 4.69) is 10.2 Å². The third-order valence-corrected chi connectivity index (χ3v) is 7.10. The Labute approximate surface area is 197 Å². The monoisotopic (exact) mass is 477 g/mol. The van der Waals surface area contributed by atoms with Gasteiger partial charge >= 0.3 is 0 Å². The van der Waals surface area contributed by atoms with E-state index in [1.54, 1.807) is 12.1 Å². The van der Waals surface area contributed by atoms with Crippen LogP contribution in [-0.2, 0) is 0 Å². The number of aryl methyl sites for hydroxylation is 1. The molecule has 2 saturated heterocycles. The van der Waals surface area contributed by atoms with E-state index in [-0.39, 0.29) is 16.8 Å². The number of nitrogens with zero attached hydrogens (tertiary/aromatic N) is 2. The third kappa shape index (κ3) is 5.08. The summed E-state index contributed by atoms with van der Waals surface area (Å²) in [6.07, 6.45) is 0.860. The van der Waals surface area contributed by atoms with Gasteiger partial charge in [-0.05, 0) is 67.6 Å². The molecule has 0 spiro atoms. The van der Waals surface area contributed by atoms with Gasteiger partial charge in [-0.15, -0.1) is 0 Å². The Balaban J connectivity index is 1.20. The number of benzene rings is 2. The molecule has 2 aromatic rings. The average molecular weight is 478 g/mol. The molecule has 2 fully saturated rings. The molecule has 2 unspecified atom stereocenters. The summed E-state index contributed by atoms with van der Waals surface area (Å²) in [5.74, 6) is 0.179. The lowest BCUT2D eigenvalue weighted by atomic mass is 10.0. The summed E-state index contributed by atoms with van der Waals surface area (Å²) in [4.78, 5) is 29.3. The molecule has 8 heteroatoms. The second-order valence-corrected chi connectivity index (χ2v) is 9.50. The molecular weight excluding hydrogens is 452 g/mol. The van der Waals surface area contributed by atoms with Crippen LogP contribution in [0.25, 0.3) is 0 Å². The van der Waals surface area contributed by atoms with Gasteiger partial charge < -0.3 is 15.1 Å². The van der Waals surface area contributed by atoms with Gasteiger partial charge in [-0.1, -0.05) is 29.3 Å². The van der Waals surface area contributed by atoms with Gasteiger partial charge in [0.05, 0.1) is 10.6 Å². The highest BCUT2D eigenvalue weighted by Crippen LogP contribution is 2.32. The van der Waals surface area contributed by atoms with E-state index < -0.39 is 5.82 Å². The van der Waals surface area contributed by atoms with Crippen molar-refractivity contribution in [3.63, 3.8) is 0 Å². The Kier molecular flexibility index (Phi) is 7.03. The number of amides is 2. The summed E-state index contributed by atoms with van der Waals surface area (Å²) in [5.41, 5.74) is 1.88. The van der Waals surface area contributed by atoms with Crippen molar-refractivity contribution in [3.8, 4) is 0 Å². The number of nitrogens with one attached hydrogen (secondary N) is 1. The van der Waals surface area contributed by atoms with E-state index in [0.29, 0.717) is 47.6 Å². The van der Waals surface area contributed by atoms with Gasteiger partial charge in [0.25, 0.3) is 11.8 Å². The number of fused-ring (bicyclic) bond motifs is 1. The van der Waals surface area contributed by atoms with Crippen LogP contribution in [0.1, 0.15) is 32.7 Å². The maximum absolute atomic E-state index is 13.3. The van der Waals surface area contributed by atoms with Gasteiger partial charge in [-0.25, -0.2) is 4.39 Å². The summed E-state index contributed by atoms with van der Waals surface area (Å²) < 4.78 is 13.3. The van der Waals surface area contributed by atoms with Gasteiger partial charge in [-0.2, -0.15) is 0 Å². The van der Waals surface area contributed by atoms with Crippen molar-refractivity contribution in [2.45, 2.75) is 13.3 Å². The fourth-order valence-electron chi connectivity index (χ4n) is 4.61. The van der Waals surface area contributed by atoms with Crippen molar-refractivity contribution in [2.75, 3.05) is 39.3 Å². The number of halogens is 3. The Morgan fingerprint density at radius 3 is 2.41 bits per heavy atom. The van der Waals surface area contributed by atoms with Crippen LogP contribution in [0.3, 0.4) is 0 Å². The molecule has 1 N–H and O–H groups in total. The Hall–Kier alpha value is -2.15.